The molecule has 1 atom stereocenters. The number of nitrogens with one attached hydrogen (secondary N) is 1. The molecule has 0 unspecified atom stereocenters. The Morgan fingerprint density at radius 2 is 2.24 bits per heavy atom. The molecule has 0 spiro atoms. The van der Waals surface area contributed by atoms with E-state index in [0.29, 0.717) is 5.69 Å². The van der Waals surface area contributed by atoms with Crippen molar-refractivity contribution in [2.45, 2.75) is 19.6 Å². The number of halogens is 2. The van der Waals surface area contributed by atoms with Gasteiger partial charge in [-0.15, -0.1) is 0 Å². The van der Waals surface area contributed by atoms with E-state index < -0.39 is 23.6 Å². The fourth-order valence-corrected chi connectivity index (χ4v) is 1.89. The molecule has 1 aromatic carbocycles. The SMILES string of the molecule is COCc1nocc1C(=O)N[C@H](C)c1ccc(F)cc1F. The zero-order chi connectivity index (χ0) is 15.4. The van der Waals surface area contributed by atoms with Gasteiger partial charge in [0.15, 0.2) is 0 Å². The number of nitrogens with zero attached hydrogens (tertiary/aromatic N) is 1. The van der Waals surface area contributed by atoms with Crippen LogP contribution in [0, 0.1) is 11.6 Å². The molecule has 0 saturated heterocycles. The second-order valence-corrected chi connectivity index (χ2v) is 4.47. The van der Waals surface area contributed by atoms with E-state index in [2.05, 4.69) is 10.5 Å². The number of methoxy groups -OCH3 is 1. The van der Waals surface area contributed by atoms with Crippen molar-refractivity contribution in [1.29, 1.82) is 0 Å². The summed E-state index contributed by atoms with van der Waals surface area (Å²) >= 11 is 0. The van der Waals surface area contributed by atoms with Gasteiger partial charge < -0.3 is 14.6 Å². The molecule has 7 heteroatoms. The summed E-state index contributed by atoms with van der Waals surface area (Å²) in [6, 6.07) is 2.56. The number of ether oxygens (including phenoxy) is 1. The molecule has 5 nitrogen and oxygen atoms in total. The quantitative estimate of drug-likeness (QED) is 0.921. The molecule has 0 aliphatic rings. The van der Waals surface area contributed by atoms with Crippen LogP contribution >= 0.6 is 0 Å². The highest BCUT2D eigenvalue weighted by Gasteiger charge is 2.19. The monoisotopic (exact) mass is 296 g/mol. The number of benzene rings is 1. The molecule has 1 heterocycles. The maximum atomic E-state index is 13.7. The van der Waals surface area contributed by atoms with E-state index in [1.54, 1.807) is 6.92 Å². The molecular formula is C14H14F2N2O3. The molecule has 1 amide bonds. The average molecular weight is 296 g/mol. The Hall–Kier alpha value is -2.28. The Kier molecular flexibility index (Phi) is 4.64. The van der Waals surface area contributed by atoms with Crippen LogP contribution in [-0.4, -0.2) is 18.2 Å². The van der Waals surface area contributed by atoms with Gasteiger partial charge in [0, 0.05) is 18.7 Å². The Bertz CT molecular complexity index is 643. The van der Waals surface area contributed by atoms with Gasteiger partial charge in [0.25, 0.3) is 5.91 Å². The van der Waals surface area contributed by atoms with Crippen molar-refractivity contribution in [2.75, 3.05) is 7.11 Å². The molecule has 2 aromatic rings. The number of hydrogen-bond donors (Lipinski definition) is 1. The van der Waals surface area contributed by atoms with Crippen LogP contribution < -0.4 is 5.32 Å². The molecule has 0 radical (unpaired) electrons. The minimum Gasteiger partial charge on any atom is -0.378 e. The minimum absolute atomic E-state index is 0.124. The summed E-state index contributed by atoms with van der Waals surface area (Å²) in [6.07, 6.45) is 1.19. The van der Waals surface area contributed by atoms with E-state index in [1.165, 1.54) is 19.4 Å². The fraction of sp³-hybridized carbons (Fsp3) is 0.286. The van der Waals surface area contributed by atoms with Crippen molar-refractivity contribution in [3.8, 4) is 0 Å². The van der Waals surface area contributed by atoms with Gasteiger partial charge in [0.05, 0.1) is 12.6 Å². The van der Waals surface area contributed by atoms with Crippen LogP contribution in [0.15, 0.2) is 29.0 Å². The third-order valence-electron chi connectivity index (χ3n) is 2.95. The Morgan fingerprint density at radius 3 is 2.90 bits per heavy atom. The smallest absolute Gasteiger partial charge is 0.257 e. The topological polar surface area (TPSA) is 64.4 Å². The molecule has 0 fully saturated rings. The van der Waals surface area contributed by atoms with E-state index in [9.17, 15) is 13.6 Å². The van der Waals surface area contributed by atoms with Crippen LogP contribution in [0.3, 0.4) is 0 Å². The first-order valence-corrected chi connectivity index (χ1v) is 6.21. The van der Waals surface area contributed by atoms with E-state index in [1.807, 2.05) is 0 Å². The average Bonchev–Trinajstić information content (AvgIpc) is 2.87. The largest absolute Gasteiger partial charge is 0.378 e. The maximum Gasteiger partial charge on any atom is 0.257 e. The first-order valence-electron chi connectivity index (χ1n) is 6.21. The molecular weight excluding hydrogens is 282 g/mol. The number of rotatable bonds is 5. The van der Waals surface area contributed by atoms with Crippen molar-refractivity contribution < 1.29 is 22.8 Å². The van der Waals surface area contributed by atoms with Crippen molar-refractivity contribution in [2.24, 2.45) is 0 Å². The molecule has 21 heavy (non-hydrogen) atoms. The van der Waals surface area contributed by atoms with Gasteiger partial charge in [-0.3, -0.25) is 4.79 Å². The summed E-state index contributed by atoms with van der Waals surface area (Å²) in [5.74, 6) is -1.86. The summed E-state index contributed by atoms with van der Waals surface area (Å²) in [5, 5.41) is 6.25. The first-order chi connectivity index (χ1) is 10.0. The second kappa shape index (κ2) is 6.45. The molecule has 0 saturated carbocycles. The highest BCUT2D eigenvalue weighted by Crippen LogP contribution is 2.19. The van der Waals surface area contributed by atoms with Gasteiger partial charge >= 0.3 is 0 Å². The Morgan fingerprint density at radius 1 is 1.48 bits per heavy atom. The van der Waals surface area contributed by atoms with Crippen LogP contribution in [0.5, 0.6) is 0 Å². The summed E-state index contributed by atoms with van der Waals surface area (Å²) in [6.45, 7) is 1.72. The van der Waals surface area contributed by atoms with Crippen LogP contribution in [0.2, 0.25) is 0 Å². The van der Waals surface area contributed by atoms with Crippen LogP contribution in [0.4, 0.5) is 8.78 Å². The fourth-order valence-electron chi connectivity index (χ4n) is 1.89. The third-order valence-corrected chi connectivity index (χ3v) is 2.95. The van der Waals surface area contributed by atoms with Crippen molar-refractivity contribution in [3.63, 3.8) is 0 Å². The number of hydrogen-bond acceptors (Lipinski definition) is 4. The zero-order valence-corrected chi connectivity index (χ0v) is 11.5. The lowest BCUT2D eigenvalue weighted by Gasteiger charge is -2.14. The minimum atomic E-state index is -0.717. The lowest BCUT2D eigenvalue weighted by Crippen LogP contribution is -2.27. The van der Waals surface area contributed by atoms with Gasteiger partial charge in [-0.25, -0.2) is 8.78 Å². The van der Waals surface area contributed by atoms with Crippen LogP contribution in [0.1, 0.15) is 34.6 Å². The van der Waals surface area contributed by atoms with Gasteiger partial charge in [-0.05, 0) is 13.0 Å². The summed E-state index contributed by atoms with van der Waals surface area (Å²) in [4.78, 5) is 12.1. The number of carbonyl (C=O) groups is 1. The number of aromatic nitrogens is 1. The van der Waals surface area contributed by atoms with E-state index in [0.717, 1.165) is 12.1 Å². The second-order valence-electron chi connectivity index (χ2n) is 4.47. The molecule has 1 aromatic heterocycles. The highest BCUT2D eigenvalue weighted by atomic mass is 19.1. The summed E-state index contributed by atoms with van der Waals surface area (Å²) in [7, 11) is 1.47. The van der Waals surface area contributed by atoms with Crippen molar-refractivity contribution >= 4 is 5.91 Å². The van der Waals surface area contributed by atoms with E-state index in [4.69, 9.17) is 9.26 Å². The van der Waals surface area contributed by atoms with Gasteiger partial charge in [0.1, 0.15) is 29.2 Å². The number of amides is 1. The first kappa shape index (κ1) is 15.1. The van der Waals surface area contributed by atoms with E-state index >= 15 is 0 Å². The molecule has 112 valence electrons. The third kappa shape index (κ3) is 3.43. The molecule has 2 rings (SSSR count). The normalized spacial score (nSPS) is 12.2. The van der Waals surface area contributed by atoms with Crippen LogP contribution in [0.25, 0.3) is 0 Å². The van der Waals surface area contributed by atoms with E-state index in [-0.39, 0.29) is 17.7 Å². The Labute approximate surface area is 119 Å². The van der Waals surface area contributed by atoms with Crippen LogP contribution in [-0.2, 0) is 11.3 Å². The lowest BCUT2D eigenvalue weighted by molar-refractivity contribution is 0.0934. The zero-order valence-electron chi connectivity index (χ0n) is 11.5. The predicted octanol–water partition coefficient (Wildman–Crippen LogP) is 2.59. The van der Waals surface area contributed by atoms with Crippen molar-refractivity contribution in [3.05, 3.63) is 52.9 Å². The van der Waals surface area contributed by atoms with Crippen molar-refractivity contribution in [1.82, 2.24) is 10.5 Å². The standard InChI is InChI=1S/C14H14F2N2O3/c1-8(10-4-3-9(15)5-12(10)16)17-14(19)11-6-21-18-13(11)7-20-2/h3-6,8H,7H2,1-2H3,(H,17,19)/t8-/m1/s1. The van der Waals surface area contributed by atoms with Gasteiger partial charge in [0.2, 0.25) is 0 Å². The number of carbonyl (C=O) groups excluding carboxylic acids is 1. The lowest BCUT2D eigenvalue weighted by atomic mass is 10.1. The summed E-state index contributed by atoms with van der Waals surface area (Å²) < 4.78 is 36.2. The molecule has 1 N–H and O–H groups in total. The summed E-state index contributed by atoms with van der Waals surface area (Å²) in [5.41, 5.74) is 0.752. The van der Waals surface area contributed by atoms with Gasteiger partial charge in [-0.2, -0.15) is 0 Å². The molecule has 0 bridgehead atoms. The molecule has 0 aliphatic carbocycles. The Balaban J connectivity index is 2.13. The highest BCUT2D eigenvalue weighted by molar-refractivity contribution is 5.95. The molecule has 0 aliphatic heterocycles. The predicted molar refractivity (Wildman–Crippen MR) is 69.5 cm³/mol. The van der Waals surface area contributed by atoms with Gasteiger partial charge in [-0.1, -0.05) is 11.2 Å². The maximum absolute atomic E-state index is 13.7.